The standard InChI is InChI=1S/C17H15N3O2S/c1-2-11-19-16-6-4-3-5-15(16)18-17(19)23-12-13-7-9-14(10-8-13)20(21)22/h2-10H,1,11-12H2. The number of imidazole rings is 1. The van der Waals surface area contributed by atoms with Crippen molar-refractivity contribution in [3.05, 3.63) is 76.9 Å². The summed E-state index contributed by atoms with van der Waals surface area (Å²) in [7, 11) is 0. The molecule has 0 unspecified atom stereocenters. The zero-order valence-electron chi connectivity index (χ0n) is 12.4. The van der Waals surface area contributed by atoms with Crippen molar-refractivity contribution in [1.29, 1.82) is 0 Å². The van der Waals surface area contributed by atoms with Gasteiger partial charge < -0.3 is 4.57 Å². The van der Waals surface area contributed by atoms with Crippen LogP contribution in [0, 0.1) is 10.1 Å². The van der Waals surface area contributed by atoms with Gasteiger partial charge in [0.2, 0.25) is 0 Å². The molecule has 0 saturated carbocycles. The number of nitrogens with zero attached hydrogens (tertiary/aromatic N) is 3. The highest BCUT2D eigenvalue weighted by Crippen LogP contribution is 2.27. The van der Waals surface area contributed by atoms with Crippen LogP contribution < -0.4 is 0 Å². The fraction of sp³-hybridized carbons (Fsp3) is 0.118. The van der Waals surface area contributed by atoms with Crippen molar-refractivity contribution in [2.24, 2.45) is 0 Å². The molecule has 0 aliphatic heterocycles. The van der Waals surface area contributed by atoms with Crippen LogP contribution in [0.3, 0.4) is 0 Å². The molecule has 3 rings (SSSR count). The summed E-state index contributed by atoms with van der Waals surface area (Å²) in [6.45, 7) is 4.50. The Bertz CT molecular complexity index is 856. The van der Waals surface area contributed by atoms with Crippen molar-refractivity contribution in [2.75, 3.05) is 0 Å². The van der Waals surface area contributed by atoms with Gasteiger partial charge in [0, 0.05) is 24.4 Å². The molecule has 0 aliphatic rings. The van der Waals surface area contributed by atoms with E-state index in [1.54, 1.807) is 23.9 Å². The van der Waals surface area contributed by atoms with Crippen LogP contribution in [0.15, 0.2) is 66.3 Å². The molecule has 2 aromatic carbocycles. The van der Waals surface area contributed by atoms with Gasteiger partial charge in [-0.25, -0.2) is 4.98 Å². The minimum atomic E-state index is -0.388. The second-order valence-corrected chi connectivity index (χ2v) is 5.94. The lowest BCUT2D eigenvalue weighted by Gasteiger charge is -2.06. The number of nitro benzene ring substituents is 1. The predicted octanol–water partition coefficient (Wildman–Crippen LogP) is 4.42. The molecule has 0 fully saturated rings. The highest BCUT2D eigenvalue weighted by atomic mass is 32.2. The number of thioether (sulfide) groups is 1. The quantitative estimate of drug-likeness (QED) is 0.291. The Labute approximate surface area is 137 Å². The van der Waals surface area contributed by atoms with E-state index < -0.39 is 0 Å². The Hall–Kier alpha value is -2.60. The molecule has 0 aliphatic carbocycles. The SMILES string of the molecule is C=CCn1c(SCc2ccc([N+](=O)[O-])cc2)nc2ccccc21. The van der Waals surface area contributed by atoms with Crippen LogP contribution in [-0.4, -0.2) is 14.5 Å². The Morgan fingerprint density at radius 2 is 1.96 bits per heavy atom. The summed E-state index contributed by atoms with van der Waals surface area (Å²) in [5, 5.41) is 11.6. The van der Waals surface area contributed by atoms with E-state index in [2.05, 4.69) is 16.1 Å². The Morgan fingerprint density at radius 3 is 2.65 bits per heavy atom. The molecule has 0 bridgehead atoms. The van der Waals surface area contributed by atoms with Crippen LogP contribution in [0.4, 0.5) is 5.69 Å². The molecule has 0 atom stereocenters. The first-order valence-corrected chi connectivity index (χ1v) is 8.10. The maximum atomic E-state index is 10.7. The van der Waals surface area contributed by atoms with Crippen LogP contribution in [-0.2, 0) is 12.3 Å². The Kier molecular flexibility index (Phi) is 4.43. The van der Waals surface area contributed by atoms with E-state index in [0.717, 1.165) is 21.8 Å². The minimum absolute atomic E-state index is 0.109. The number of allylic oxidation sites excluding steroid dienone is 1. The molecule has 5 nitrogen and oxygen atoms in total. The normalized spacial score (nSPS) is 10.8. The zero-order valence-corrected chi connectivity index (χ0v) is 13.2. The lowest BCUT2D eigenvalue weighted by Crippen LogP contribution is -1.97. The van der Waals surface area contributed by atoms with E-state index in [9.17, 15) is 10.1 Å². The molecule has 0 saturated heterocycles. The molecular weight excluding hydrogens is 310 g/mol. The van der Waals surface area contributed by atoms with Crippen molar-refractivity contribution >= 4 is 28.5 Å². The van der Waals surface area contributed by atoms with Crippen LogP contribution in [0.25, 0.3) is 11.0 Å². The molecule has 1 aromatic heterocycles. The minimum Gasteiger partial charge on any atom is -0.315 e. The lowest BCUT2D eigenvalue weighted by molar-refractivity contribution is -0.384. The topological polar surface area (TPSA) is 61.0 Å². The van der Waals surface area contributed by atoms with Gasteiger partial charge >= 0.3 is 0 Å². The first kappa shape index (κ1) is 15.3. The van der Waals surface area contributed by atoms with E-state index >= 15 is 0 Å². The maximum Gasteiger partial charge on any atom is 0.269 e. The number of rotatable bonds is 6. The summed E-state index contributed by atoms with van der Waals surface area (Å²) in [6, 6.07) is 14.6. The molecule has 6 heteroatoms. The average Bonchev–Trinajstić information content (AvgIpc) is 2.92. The zero-order chi connectivity index (χ0) is 16.2. The van der Waals surface area contributed by atoms with Crippen LogP contribution in [0.1, 0.15) is 5.56 Å². The first-order chi connectivity index (χ1) is 11.2. The van der Waals surface area contributed by atoms with Gasteiger partial charge in [0.15, 0.2) is 5.16 Å². The van der Waals surface area contributed by atoms with E-state index in [0.29, 0.717) is 12.3 Å². The number of nitro groups is 1. The summed E-state index contributed by atoms with van der Waals surface area (Å²) >= 11 is 1.61. The number of aromatic nitrogens is 2. The van der Waals surface area contributed by atoms with Gasteiger partial charge in [-0.05, 0) is 17.7 Å². The number of benzene rings is 2. The second kappa shape index (κ2) is 6.66. The molecule has 0 N–H and O–H groups in total. The highest BCUT2D eigenvalue weighted by molar-refractivity contribution is 7.98. The average molecular weight is 325 g/mol. The van der Waals surface area contributed by atoms with Gasteiger partial charge in [-0.1, -0.05) is 42.1 Å². The third-order valence-corrected chi connectivity index (χ3v) is 4.49. The van der Waals surface area contributed by atoms with Gasteiger partial charge in [0.25, 0.3) is 5.69 Å². The maximum absolute atomic E-state index is 10.7. The lowest BCUT2D eigenvalue weighted by atomic mass is 10.2. The third-order valence-electron chi connectivity index (χ3n) is 3.45. The van der Waals surface area contributed by atoms with E-state index in [4.69, 9.17) is 0 Å². The monoisotopic (exact) mass is 325 g/mol. The molecule has 0 spiro atoms. The number of hydrogen-bond donors (Lipinski definition) is 0. The summed E-state index contributed by atoms with van der Waals surface area (Å²) in [5.74, 6) is 0.707. The smallest absolute Gasteiger partial charge is 0.269 e. The number of hydrogen-bond acceptors (Lipinski definition) is 4. The van der Waals surface area contributed by atoms with Crippen molar-refractivity contribution < 1.29 is 4.92 Å². The predicted molar refractivity (Wildman–Crippen MR) is 92.6 cm³/mol. The summed E-state index contributed by atoms with van der Waals surface area (Å²) in [6.07, 6.45) is 1.85. The summed E-state index contributed by atoms with van der Waals surface area (Å²) in [4.78, 5) is 15.0. The fourth-order valence-corrected chi connectivity index (χ4v) is 3.31. The Morgan fingerprint density at radius 1 is 1.22 bits per heavy atom. The molecule has 23 heavy (non-hydrogen) atoms. The van der Waals surface area contributed by atoms with E-state index in [1.165, 1.54) is 12.1 Å². The van der Waals surface area contributed by atoms with Gasteiger partial charge in [-0.15, -0.1) is 6.58 Å². The molecule has 0 amide bonds. The second-order valence-electron chi connectivity index (χ2n) is 4.99. The summed E-state index contributed by atoms with van der Waals surface area (Å²) < 4.78 is 2.12. The van der Waals surface area contributed by atoms with Crippen molar-refractivity contribution in [2.45, 2.75) is 17.5 Å². The first-order valence-electron chi connectivity index (χ1n) is 7.11. The van der Waals surface area contributed by atoms with Crippen molar-refractivity contribution in [3.8, 4) is 0 Å². The molecule has 1 heterocycles. The van der Waals surface area contributed by atoms with Crippen molar-refractivity contribution in [1.82, 2.24) is 9.55 Å². The Balaban J connectivity index is 1.82. The number of para-hydroxylation sites is 2. The van der Waals surface area contributed by atoms with Crippen LogP contribution in [0.2, 0.25) is 0 Å². The van der Waals surface area contributed by atoms with Crippen molar-refractivity contribution in [3.63, 3.8) is 0 Å². The van der Waals surface area contributed by atoms with Gasteiger partial charge in [-0.2, -0.15) is 0 Å². The van der Waals surface area contributed by atoms with Crippen LogP contribution >= 0.6 is 11.8 Å². The van der Waals surface area contributed by atoms with Gasteiger partial charge in [-0.3, -0.25) is 10.1 Å². The van der Waals surface area contributed by atoms with E-state index in [-0.39, 0.29) is 10.6 Å². The third kappa shape index (κ3) is 3.27. The molecule has 0 radical (unpaired) electrons. The largest absolute Gasteiger partial charge is 0.315 e. The summed E-state index contributed by atoms with van der Waals surface area (Å²) in [5.41, 5.74) is 3.18. The molecular formula is C17H15N3O2S. The fourth-order valence-electron chi connectivity index (χ4n) is 2.33. The number of non-ortho nitro benzene ring substituents is 1. The van der Waals surface area contributed by atoms with E-state index in [1.807, 2.05) is 30.3 Å². The van der Waals surface area contributed by atoms with Crippen LogP contribution in [0.5, 0.6) is 0 Å². The molecule has 3 aromatic rings. The molecule has 116 valence electrons. The number of fused-ring (bicyclic) bond motifs is 1. The highest BCUT2D eigenvalue weighted by Gasteiger charge is 2.10. The van der Waals surface area contributed by atoms with Gasteiger partial charge in [0.05, 0.1) is 16.0 Å². The van der Waals surface area contributed by atoms with Gasteiger partial charge in [0.1, 0.15) is 0 Å².